The SMILES string of the molecule is CC(C)COCCOC(=O)CCC(CCN)C(C)(C)C. The van der Waals surface area contributed by atoms with Crippen LogP contribution in [-0.2, 0) is 14.3 Å². The molecule has 1 atom stereocenters. The first kappa shape index (κ1) is 19.4. The van der Waals surface area contributed by atoms with Gasteiger partial charge in [0.25, 0.3) is 0 Å². The number of rotatable bonds is 10. The Hall–Kier alpha value is -0.610. The van der Waals surface area contributed by atoms with Gasteiger partial charge in [-0.05, 0) is 36.6 Å². The summed E-state index contributed by atoms with van der Waals surface area (Å²) in [5.74, 6) is 0.830. The average molecular weight is 287 g/mol. The first-order valence-corrected chi connectivity index (χ1v) is 7.70. The number of hydrogen-bond donors (Lipinski definition) is 1. The first-order valence-electron chi connectivity index (χ1n) is 7.70. The van der Waals surface area contributed by atoms with Crippen molar-refractivity contribution in [1.29, 1.82) is 0 Å². The van der Waals surface area contributed by atoms with Crippen LogP contribution in [0.1, 0.15) is 53.9 Å². The number of esters is 1. The van der Waals surface area contributed by atoms with Gasteiger partial charge in [0.1, 0.15) is 6.61 Å². The molecule has 1 unspecified atom stereocenters. The summed E-state index contributed by atoms with van der Waals surface area (Å²) in [6.07, 6.45) is 2.26. The highest BCUT2D eigenvalue weighted by Crippen LogP contribution is 2.32. The molecule has 0 aliphatic rings. The van der Waals surface area contributed by atoms with E-state index in [-0.39, 0.29) is 11.4 Å². The maximum absolute atomic E-state index is 11.7. The van der Waals surface area contributed by atoms with Gasteiger partial charge >= 0.3 is 5.97 Å². The summed E-state index contributed by atoms with van der Waals surface area (Å²) in [6, 6.07) is 0. The van der Waals surface area contributed by atoms with Gasteiger partial charge in [-0.25, -0.2) is 0 Å². The highest BCUT2D eigenvalue weighted by Gasteiger charge is 2.24. The molecule has 0 radical (unpaired) electrons. The molecule has 0 aromatic rings. The van der Waals surface area contributed by atoms with Gasteiger partial charge in [0.05, 0.1) is 6.61 Å². The van der Waals surface area contributed by atoms with E-state index in [9.17, 15) is 4.79 Å². The van der Waals surface area contributed by atoms with Crippen molar-refractivity contribution in [2.45, 2.75) is 53.9 Å². The third kappa shape index (κ3) is 10.2. The van der Waals surface area contributed by atoms with Crippen molar-refractivity contribution in [3.05, 3.63) is 0 Å². The minimum atomic E-state index is -0.135. The standard InChI is InChI=1S/C16H33NO3/c1-13(2)12-19-10-11-20-15(18)7-6-14(8-9-17)16(3,4)5/h13-14H,6-12,17H2,1-5H3. The molecule has 0 rings (SSSR count). The lowest BCUT2D eigenvalue weighted by Crippen LogP contribution is -2.24. The van der Waals surface area contributed by atoms with Crippen LogP contribution in [0.5, 0.6) is 0 Å². The minimum Gasteiger partial charge on any atom is -0.463 e. The number of carbonyl (C=O) groups is 1. The second kappa shape index (κ2) is 10.2. The third-order valence-corrected chi connectivity index (χ3v) is 3.38. The van der Waals surface area contributed by atoms with Crippen molar-refractivity contribution in [1.82, 2.24) is 0 Å². The molecule has 0 heterocycles. The van der Waals surface area contributed by atoms with Crippen molar-refractivity contribution < 1.29 is 14.3 Å². The predicted molar refractivity (Wildman–Crippen MR) is 82.5 cm³/mol. The molecule has 0 aliphatic carbocycles. The molecule has 0 saturated heterocycles. The van der Waals surface area contributed by atoms with Gasteiger partial charge in [-0.2, -0.15) is 0 Å². The molecule has 2 N–H and O–H groups in total. The van der Waals surface area contributed by atoms with Gasteiger partial charge < -0.3 is 15.2 Å². The number of nitrogens with two attached hydrogens (primary N) is 1. The second-order valence-corrected chi connectivity index (χ2v) is 6.87. The largest absolute Gasteiger partial charge is 0.463 e. The highest BCUT2D eigenvalue weighted by atomic mass is 16.6. The van der Waals surface area contributed by atoms with Gasteiger partial charge in [0.2, 0.25) is 0 Å². The lowest BCUT2D eigenvalue weighted by atomic mass is 9.76. The smallest absolute Gasteiger partial charge is 0.305 e. The van der Waals surface area contributed by atoms with Gasteiger partial charge in [-0.1, -0.05) is 34.6 Å². The Morgan fingerprint density at radius 3 is 2.30 bits per heavy atom. The molecule has 4 nitrogen and oxygen atoms in total. The number of carbonyl (C=O) groups excluding carboxylic acids is 1. The molecule has 0 aliphatic heterocycles. The fourth-order valence-electron chi connectivity index (χ4n) is 2.11. The lowest BCUT2D eigenvalue weighted by Gasteiger charge is -2.30. The molecule has 0 aromatic heterocycles. The van der Waals surface area contributed by atoms with Crippen molar-refractivity contribution in [3.63, 3.8) is 0 Å². The third-order valence-electron chi connectivity index (χ3n) is 3.38. The Kier molecular flexibility index (Phi) is 9.86. The molecule has 0 amide bonds. The monoisotopic (exact) mass is 287 g/mol. The molecule has 0 saturated carbocycles. The first-order chi connectivity index (χ1) is 9.27. The van der Waals surface area contributed by atoms with Crippen LogP contribution in [0.3, 0.4) is 0 Å². The van der Waals surface area contributed by atoms with Crippen LogP contribution in [0.25, 0.3) is 0 Å². The lowest BCUT2D eigenvalue weighted by molar-refractivity contribution is -0.145. The molecule has 20 heavy (non-hydrogen) atoms. The quantitative estimate of drug-likeness (QED) is 0.495. The predicted octanol–water partition coefficient (Wildman–Crippen LogP) is 2.99. The van der Waals surface area contributed by atoms with Crippen LogP contribution in [0.4, 0.5) is 0 Å². The van der Waals surface area contributed by atoms with E-state index in [1.54, 1.807) is 0 Å². The molecular formula is C16H33NO3. The molecule has 0 aromatic carbocycles. The minimum absolute atomic E-state index is 0.135. The van der Waals surface area contributed by atoms with Gasteiger partial charge in [-0.15, -0.1) is 0 Å². The zero-order valence-electron chi connectivity index (χ0n) is 13.9. The zero-order valence-corrected chi connectivity index (χ0v) is 13.9. The van der Waals surface area contributed by atoms with Crippen molar-refractivity contribution in [2.75, 3.05) is 26.4 Å². The molecule has 0 spiro atoms. The highest BCUT2D eigenvalue weighted by molar-refractivity contribution is 5.69. The van der Waals surface area contributed by atoms with E-state index in [1.807, 2.05) is 0 Å². The van der Waals surface area contributed by atoms with Crippen LogP contribution >= 0.6 is 0 Å². The Bertz CT molecular complexity index is 259. The number of hydrogen-bond acceptors (Lipinski definition) is 4. The van der Waals surface area contributed by atoms with E-state index in [4.69, 9.17) is 15.2 Å². The van der Waals surface area contributed by atoms with Crippen LogP contribution < -0.4 is 5.73 Å². The van der Waals surface area contributed by atoms with Gasteiger partial charge in [-0.3, -0.25) is 4.79 Å². The van der Waals surface area contributed by atoms with Gasteiger partial charge in [0.15, 0.2) is 0 Å². The van der Waals surface area contributed by atoms with Crippen molar-refractivity contribution in [2.24, 2.45) is 23.0 Å². The fraction of sp³-hybridized carbons (Fsp3) is 0.938. The normalized spacial score (nSPS) is 13.6. The molecular weight excluding hydrogens is 254 g/mol. The van der Waals surface area contributed by atoms with Crippen molar-refractivity contribution in [3.8, 4) is 0 Å². The topological polar surface area (TPSA) is 61.5 Å². The van der Waals surface area contributed by atoms with Crippen molar-refractivity contribution >= 4 is 5.97 Å². The maximum atomic E-state index is 11.7. The van der Waals surface area contributed by atoms with Crippen LogP contribution in [0.15, 0.2) is 0 Å². The van der Waals surface area contributed by atoms with E-state index in [0.717, 1.165) is 12.8 Å². The summed E-state index contributed by atoms with van der Waals surface area (Å²) in [6.45, 7) is 13.0. The summed E-state index contributed by atoms with van der Waals surface area (Å²) in [5, 5.41) is 0. The second-order valence-electron chi connectivity index (χ2n) is 6.87. The zero-order chi connectivity index (χ0) is 15.6. The van der Waals surface area contributed by atoms with Crippen LogP contribution in [-0.4, -0.2) is 32.3 Å². The van der Waals surface area contributed by atoms with E-state index in [1.165, 1.54) is 0 Å². The summed E-state index contributed by atoms with van der Waals surface area (Å²) in [4.78, 5) is 11.7. The van der Waals surface area contributed by atoms with E-state index in [2.05, 4.69) is 34.6 Å². The fourth-order valence-corrected chi connectivity index (χ4v) is 2.11. The summed E-state index contributed by atoms with van der Waals surface area (Å²) in [7, 11) is 0. The molecule has 0 fully saturated rings. The van der Waals surface area contributed by atoms with Crippen LogP contribution in [0.2, 0.25) is 0 Å². The van der Waals surface area contributed by atoms with Crippen LogP contribution in [0, 0.1) is 17.3 Å². The Morgan fingerprint density at radius 2 is 1.80 bits per heavy atom. The number of ether oxygens (including phenoxy) is 2. The van der Waals surface area contributed by atoms with E-state index < -0.39 is 0 Å². The molecule has 120 valence electrons. The van der Waals surface area contributed by atoms with E-state index >= 15 is 0 Å². The average Bonchev–Trinajstić information content (AvgIpc) is 2.32. The molecule has 0 bridgehead atoms. The molecule has 4 heteroatoms. The summed E-state index contributed by atoms with van der Waals surface area (Å²) in [5.41, 5.74) is 5.82. The van der Waals surface area contributed by atoms with E-state index in [0.29, 0.717) is 44.6 Å². The Balaban J connectivity index is 3.80. The van der Waals surface area contributed by atoms with Gasteiger partial charge in [0, 0.05) is 13.0 Å². The summed E-state index contributed by atoms with van der Waals surface area (Å²) >= 11 is 0. The maximum Gasteiger partial charge on any atom is 0.305 e. The Morgan fingerprint density at radius 1 is 1.15 bits per heavy atom. The summed E-state index contributed by atoms with van der Waals surface area (Å²) < 4.78 is 10.5. The Labute approximate surface area is 124 Å².